The van der Waals surface area contributed by atoms with Gasteiger partial charge in [0.15, 0.2) is 0 Å². The lowest BCUT2D eigenvalue weighted by atomic mass is 10.0. The van der Waals surface area contributed by atoms with Gasteiger partial charge in [-0.15, -0.1) is 11.3 Å². The van der Waals surface area contributed by atoms with Crippen LogP contribution in [-0.2, 0) is 11.3 Å². The summed E-state index contributed by atoms with van der Waals surface area (Å²) in [6.45, 7) is 4.77. The monoisotopic (exact) mass is 418 g/mol. The number of rotatable bonds is 6. The number of fused-ring (bicyclic) bond motifs is 1. The Morgan fingerprint density at radius 3 is 2.53 bits per heavy atom. The summed E-state index contributed by atoms with van der Waals surface area (Å²) in [7, 11) is 0. The first-order chi connectivity index (χ1) is 14.6. The average Bonchev–Trinajstić information content (AvgIpc) is 3.12. The molecule has 0 saturated carbocycles. The van der Waals surface area contributed by atoms with Crippen LogP contribution in [0, 0.1) is 6.92 Å². The molecule has 2 aromatic carbocycles. The van der Waals surface area contributed by atoms with Crippen molar-refractivity contribution in [1.29, 1.82) is 0 Å². The number of aryl methyl sites for hydroxylation is 1. The van der Waals surface area contributed by atoms with Crippen molar-refractivity contribution in [3.05, 3.63) is 87.3 Å². The highest BCUT2D eigenvalue weighted by Crippen LogP contribution is 2.35. The molecule has 152 valence electrons. The Kier molecular flexibility index (Phi) is 5.77. The number of benzene rings is 2. The van der Waals surface area contributed by atoms with Gasteiger partial charge < -0.3 is 4.74 Å². The van der Waals surface area contributed by atoms with Crippen LogP contribution in [0.15, 0.2) is 65.7 Å². The van der Waals surface area contributed by atoms with Crippen LogP contribution in [0.3, 0.4) is 0 Å². The second kappa shape index (κ2) is 8.63. The van der Waals surface area contributed by atoms with Gasteiger partial charge in [0.2, 0.25) is 0 Å². The molecule has 2 heterocycles. The number of thiophene rings is 1. The molecule has 4 aromatic rings. The molecule has 0 bridgehead atoms. The Balaban J connectivity index is 1.67. The third-order valence-electron chi connectivity index (χ3n) is 4.90. The Hall–Kier alpha value is -3.25. The SMILES string of the molecule is CCCOC(=O)c1ccc(Cn2cnc3sc(C)c(-c4ccccc4)c3c2=O)cc1. The van der Waals surface area contributed by atoms with Crippen LogP contribution in [0.5, 0.6) is 0 Å². The van der Waals surface area contributed by atoms with Gasteiger partial charge in [-0.25, -0.2) is 9.78 Å². The number of carbonyl (C=O) groups excluding carboxylic acids is 1. The quantitative estimate of drug-likeness (QED) is 0.411. The fraction of sp³-hybridized carbons (Fsp3) is 0.208. The predicted molar refractivity (Wildman–Crippen MR) is 120 cm³/mol. The number of ether oxygens (including phenoxy) is 1. The average molecular weight is 419 g/mol. The van der Waals surface area contributed by atoms with Crippen LogP contribution < -0.4 is 5.56 Å². The van der Waals surface area contributed by atoms with E-state index in [1.54, 1.807) is 23.0 Å². The van der Waals surface area contributed by atoms with Crippen LogP contribution >= 0.6 is 11.3 Å². The molecule has 0 amide bonds. The fourth-order valence-corrected chi connectivity index (χ4v) is 4.43. The summed E-state index contributed by atoms with van der Waals surface area (Å²) >= 11 is 1.54. The Morgan fingerprint density at radius 1 is 1.10 bits per heavy atom. The Bertz CT molecular complexity index is 1240. The first-order valence-corrected chi connectivity index (χ1v) is 10.7. The van der Waals surface area contributed by atoms with E-state index in [4.69, 9.17) is 4.74 Å². The topological polar surface area (TPSA) is 61.2 Å². The summed E-state index contributed by atoms with van der Waals surface area (Å²) in [5, 5.41) is 0.658. The molecule has 0 unspecified atom stereocenters. The summed E-state index contributed by atoms with van der Waals surface area (Å²) in [5.41, 5.74) is 3.34. The van der Waals surface area contributed by atoms with E-state index in [-0.39, 0.29) is 11.5 Å². The lowest BCUT2D eigenvalue weighted by Gasteiger charge is -2.08. The Labute approximate surface area is 178 Å². The molecule has 0 atom stereocenters. The molecule has 5 nitrogen and oxygen atoms in total. The fourth-order valence-electron chi connectivity index (χ4n) is 3.42. The molecular weight excluding hydrogens is 396 g/mol. The van der Waals surface area contributed by atoms with E-state index < -0.39 is 0 Å². The summed E-state index contributed by atoms with van der Waals surface area (Å²) in [5.74, 6) is -0.329. The van der Waals surface area contributed by atoms with Gasteiger partial charge in [0.05, 0.1) is 30.4 Å². The molecule has 6 heteroatoms. The first-order valence-electron chi connectivity index (χ1n) is 9.88. The maximum absolute atomic E-state index is 13.3. The van der Waals surface area contributed by atoms with E-state index in [0.29, 0.717) is 24.1 Å². The second-order valence-corrected chi connectivity index (χ2v) is 8.29. The van der Waals surface area contributed by atoms with Crippen molar-refractivity contribution >= 4 is 27.5 Å². The van der Waals surface area contributed by atoms with Crippen LogP contribution in [0.1, 0.15) is 34.1 Å². The number of carbonyl (C=O) groups is 1. The molecule has 0 N–H and O–H groups in total. The summed E-state index contributed by atoms with van der Waals surface area (Å²) in [6, 6.07) is 17.1. The molecule has 2 aromatic heterocycles. The zero-order valence-corrected chi connectivity index (χ0v) is 17.7. The van der Waals surface area contributed by atoms with Crippen LogP contribution in [0.2, 0.25) is 0 Å². The zero-order chi connectivity index (χ0) is 21.1. The van der Waals surface area contributed by atoms with E-state index >= 15 is 0 Å². The van der Waals surface area contributed by atoms with Gasteiger partial charge in [-0.05, 0) is 36.6 Å². The van der Waals surface area contributed by atoms with E-state index in [2.05, 4.69) is 4.98 Å². The lowest BCUT2D eigenvalue weighted by Crippen LogP contribution is -2.21. The van der Waals surface area contributed by atoms with Gasteiger partial charge in [-0.1, -0.05) is 49.4 Å². The molecular formula is C24H22N2O3S. The van der Waals surface area contributed by atoms with Crippen molar-refractivity contribution in [2.75, 3.05) is 6.61 Å². The van der Waals surface area contributed by atoms with Gasteiger partial charge >= 0.3 is 5.97 Å². The van der Waals surface area contributed by atoms with Crippen molar-refractivity contribution in [2.45, 2.75) is 26.8 Å². The van der Waals surface area contributed by atoms with Crippen LogP contribution in [0.25, 0.3) is 21.3 Å². The summed E-state index contributed by atoms with van der Waals surface area (Å²) < 4.78 is 6.77. The van der Waals surface area contributed by atoms with Crippen molar-refractivity contribution in [1.82, 2.24) is 9.55 Å². The van der Waals surface area contributed by atoms with Crippen molar-refractivity contribution in [3.63, 3.8) is 0 Å². The summed E-state index contributed by atoms with van der Waals surface area (Å²) in [6.07, 6.45) is 2.38. The van der Waals surface area contributed by atoms with E-state index in [1.165, 1.54) is 11.3 Å². The summed E-state index contributed by atoms with van der Waals surface area (Å²) in [4.78, 5) is 31.6. The normalized spacial score (nSPS) is 11.0. The van der Waals surface area contributed by atoms with Crippen LogP contribution in [0.4, 0.5) is 0 Å². The molecule has 0 radical (unpaired) electrons. The number of hydrogen-bond donors (Lipinski definition) is 0. The molecule has 0 aliphatic rings. The Morgan fingerprint density at radius 2 is 1.83 bits per heavy atom. The van der Waals surface area contributed by atoms with Gasteiger partial charge in [0.25, 0.3) is 5.56 Å². The van der Waals surface area contributed by atoms with E-state index in [0.717, 1.165) is 32.8 Å². The first kappa shape index (κ1) is 20.0. The minimum Gasteiger partial charge on any atom is -0.462 e. The third-order valence-corrected chi connectivity index (χ3v) is 5.91. The zero-order valence-electron chi connectivity index (χ0n) is 16.9. The standard InChI is InChI=1S/C24H22N2O3S/c1-3-13-29-24(28)19-11-9-17(10-12-19)14-26-15-25-22-21(23(26)27)20(16(2)30-22)18-7-5-4-6-8-18/h4-12,15H,3,13-14H2,1-2H3. The van der Waals surface area contributed by atoms with Crippen molar-refractivity contribution in [3.8, 4) is 11.1 Å². The van der Waals surface area contributed by atoms with Gasteiger partial charge in [0, 0.05) is 10.4 Å². The number of nitrogens with zero attached hydrogens (tertiary/aromatic N) is 2. The predicted octanol–water partition coefficient (Wildman–Crippen LogP) is 5.05. The van der Waals surface area contributed by atoms with E-state index in [1.807, 2.05) is 56.3 Å². The highest BCUT2D eigenvalue weighted by Gasteiger charge is 2.17. The van der Waals surface area contributed by atoms with Gasteiger partial charge in [-0.2, -0.15) is 0 Å². The highest BCUT2D eigenvalue weighted by molar-refractivity contribution is 7.19. The third kappa shape index (κ3) is 3.91. The van der Waals surface area contributed by atoms with E-state index in [9.17, 15) is 9.59 Å². The van der Waals surface area contributed by atoms with Gasteiger partial charge in [-0.3, -0.25) is 9.36 Å². The molecule has 0 saturated heterocycles. The van der Waals surface area contributed by atoms with Crippen molar-refractivity contribution < 1.29 is 9.53 Å². The molecule has 0 aliphatic heterocycles. The minimum atomic E-state index is -0.329. The van der Waals surface area contributed by atoms with Crippen LogP contribution in [-0.4, -0.2) is 22.1 Å². The maximum atomic E-state index is 13.3. The molecule has 0 fully saturated rings. The maximum Gasteiger partial charge on any atom is 0.338 e. The molecule has 0 aliphatic carbocycles. The lowest BCUT2D eigenvalue weighted by molar-refractivity contribution is 0.0505. The molecule has 30 heavy (non-hydrogen) atoms. The number of esters is 1. The van der Waals surface area contributed by atoms with Crippen molar-refractivity contribution in [2.24, 2.45) is 0 Å². The number of aromatic nitrogens is 2. The van der Waals surface area contributed by atoms with Gasteiger partial charge in [0.1, 0.15) is 4.83 Å². The molecule has 4 rings (SSSR count). The highest BCUT2D eigenvalue weighted by atomic mass is 32.1. The molecule has 0 spiro atoms. The number of hydrogen-bond acceptors (Lipinski definition) is 5. The largest absolute Gasteiger partial charge is 0.462 e. The smallest absolute Gasteiger partial charge is 0.338 e. The minimum absolute atomic E-state index is 0.0605. The second-order valence-electron chi connectivity index (χ2n) is 7.09.